The molecule has 0 aromatic heterocycles. The van der Waals surface area contributed by atoms with Gasteiger partial charge in [-0.2, -0.15) is 0 Å². The van der Waals surface area contributed by atoms with Gasteiger partial charge in [0.05, 0.1) is 14.2 Å². The van der Waals surface area contributed by atoms with Crippen LogP contribution in [-0.4, -0.2) is 38.7 Å². The third-order valence-electron chi connectivity index (χ3n) is 5.11. The van der Waals surface area contributed by atoms with Gasteiger partial charge in [-0.05, 0) is 29.7 Å². The van der Waals surface area contributed by atoms with Crippen LogP contribution in [0.5, 0.6) is 11.5 Å². The molecule has 0 bridgehead atoms. The van der Waals surface area contributed by atoms with Gasteiger partial charge in [-0.1, -0.05) is 44.5 Å². The van der Waals surface area contributed by atoms with Crippen molar-refractivity contribution in [2.45, 2.75) is 39.4 Å². The number of carbonyl (C=O) groups excluding carboxylic acids is 2. The van der Waals surface area contributed by atoms with E-state index in [0.29, 0.717) is 39.9 Å². The molecule has 0 saturated heterocycles. The van der Waals surface area contributed by atoms with Gasteiger partial charge in [0.15, 0.2) is 11.5 Å². The van der Waals surface area contributed by atoms with Gasteiger partial charge in [0, 0.05) is 40.8 Å². The molecule has 0 N–H and O–H groups in total. The number of carboxylic acids is 1. The summed E-state index contributed by atoms with van der Waals surface area (Å²) in [5, 5.41) is 11.9. The summed E-state index contributed by atoms with van der Waals surface area (Å²) in [7, 11) is 3.03. The number of ether oxygens (including phenoxy) is 3. The molecule has 0 spiro atoms. The Morgan fingerprint density at radius 3 is 2.42 bits per heavy atom. The number of carboxylic acid groups (broad SMARTS) is 1. The molecule has 0 radical (unpaired) electrons. The second-order valence-corrected chi connectivity index (χ2v) is 9.29. The maximum absolute atomic E-state index is 13.5. The maximum atomic E-state index is 13.5. The van der Waals surface area contributed by atoms with Crippen LogP contribution >= 0.6 is 11.6 Å². The van der Waals surface area contributed by atoms with Crippen LogP contribution < -0.4 is 49.0 Å². The molecule has 0 fully saturated rings. The summed E-state index contributed by atoms with van der Waals surface area (Å²) in [4.78, 5) is 26.5. The van der Waals surface area contributed by atoms with E-state index in [-0.39, 0.29) is 35.0 Å². The van der Waals surface area contributed by atoms with E-state index in [2.05, 4.69) is 0 Å². The number of amides is 1. The summed E-state index contributed by atoms with van der Waals surface area (Å²) in [6, 6.07) is 10.5. The van der Waals surface area contributed by atoms with Crippen molar-refractivity contribution in [3.8, 4) is 11.5 Å². The summed E-state index contributed by atoms with van der Waals surface area (Å²) >= 11 is 6.33. The first-order chi connectivity index (χ1) is 15.1. The normalized spacial score (nSPS) is 18.1. The van der Waals surface area contributed by atoms with Crippen LogP contribution in [0.4, 0.5) is 5.69 Å². The fraction of sp³-hybridized carbons (Fsp3) is 0.417. The molecule has 1 amide bonds. The fourth-order valence-electron chi connectivity index (χ4n) is 3.85. The minimum absolute atomic E-state index is 0. The van der Waals surface area contributed by atoms with Gasteiger partial charge in [-0.3, -0.25) is 4.79 Å². The molecule has 1 heterocycles. The van der Waals surface area contributed by atoms with Crippen molar-refractivity contribution in [2.75, 3.05) is 25.7 Å². The van der Waals surface area contributed by atoms with Crippen LogP contribution in [0.25, 0.3) is 0 Å². The first-order valence-corrected chi connectivity index (χ1v) is 10.6. The zero-order valence-corrected chi connectivity index (χ0v) is 22.6. The third-order valence-corrected chi connectivity index (χ3v) is 5.34. The van der Waals surface area contributed by atoms with E-state index in [4.69, 9.17) is 25.8 Å². The summed E-state index contributed by atoms with van der Waals surface area (Å²) in [6.07, 6.45) is -2.66. The molecule has 0 aliphatic carbocycles. The average molecular weight is 484 g/mol. The van der Waals surface area contributed by atoms with Crippen LogP contribution in [0.2, 0.25) is 5.02 Å². The number of aliphatic carboxylic acids is 1. The van der Waals surface area contributed by atoms with Gasteiger partial charge in [0.25, 0.3) is 5.91 Å². The van der Waals surface area contributed by atoms with Gasteiger partial charge >= 0.3 is 29.6 Å². The zero-order valence-electron chi connectivity index (χ0n) is 19.8. The smallest absolute Gasteiger partial charge is 0.550 e. The number of methoxy groups -OCH3 is 2. The molecule has 33 heavy (non-hydrogen) atoms. The minimum atomic E-state index is -1.38. The van der Waals surface area contributed by atoms with Gasteiger partial charge in [-0.15, -0.1) is 0 Å². The Kier molecular flexibility index (Phi) is 9.24. The molecule has 0 unspecified atom stereocenters. The number of benzene rings is 2. The van der Waals surface area contributed by atoms with E-state index in [0.717, 1.165) is 0 Å². The van der Waals surface area contributed by atoms with Crippen LogP contribution in [0, 0.1) is 5.41 Å². The Morgan fingerprint density at radius 2 is 1.85 bits per heavy atom. The SMILES string of the molecule is COc1cccc([C@H]2O[C@H](CC(=O)[O-])C(=O)N(CC(C)(C)C)c3ccc(Cl)cc32)c1OC.[Na+]. The summed E-state index contributed by atoms with van der Waals surface area (Å²) in [6.45, 7) is 6.35. The molecule has 2 atom stereocenters. The van der Waals surface area contributed by atoms with Gasteiger partial charge < -0.3 is 29.0 Å². The number of anilines is 1. The van der Waals surface area contributed by atoms with Crippen molar-refractivity contribution in [3.05, 3.63) is 52.5 Å². The van der Waals surface area contributed by atoms with E-state index >= 15 is 0 Å². The van der Waals surface area contributed by atoms with E-state index in [1.165, 1.54) is 14.2 Å². The number of hydrogen-bond donors (Lipinski definition) is 0. The largest absolute Gasteiger partial charge is 1.00 e. The number of nitrogens with zero attached hydrogens (tertiary/aromatic N) is 1. The van der Waals surface area contributed by atoms with Crippen LogP contribution in [0.3, 0.4) is 0 Å². The summed E-state index contributed by atoms with van der Waals surface area (Å²) in [5.74, 6) is -0.915. The van der Waals surface area contributed by atoms with Crippen LogP contribution in [0.15, 0.2) is 36.4 Å². The Labute approximate surface area is 221 Å². The average Bonchev–Trinajstić information content (AvgIpc) is 2.82. The molecule has 7 nitrogen and oxygen atoms in total. The summed E-state index contributed by atoms with van der Waals surface area (Å²) < 4.78 is 17.2. The Balaban J connectivity index is 0.00000385. The second kappa shape index (κ2) is 11.1. The number of para-hydroxylation sites is 1. The van der Waals surface area contributed by atoms with Gasteiger partial charge in [0.2, 0.25) is 0 Å². The van der Waals surface area contributed by atoms with Crippen molar-refractivity contribution in [3.63, 3.8) is 0 Å². The zero-order chi connectivity index (χ0) is 23.6. The predicted molar refractivity (Wildman–Crippen MR) is 119 cm³/mol. The molecule has 172 valence electrons. The Morgan fingerprint density at radius 1 is 1.15 bits per heavy atom. The number of fused-ring (bicyclic) bond motifs is 1. The van der Waals surface area contributed by atoms with Crippen molar-refractivity contribution in [1.82, 2.24) is 0 Å². The molecule has 0 saturated carbocycles. The first-order valence-electron chi connectivity index (χ1n) is 10.2. The molecule has 2 aromatic carbocycles. The van der Waals surface area contributed by atoms with Crippen molar-refractivity contribution in [2.24, 2.45) is 5.41 Å². The van der Waals surface area contributed by atoms with E-state index in [1.54, 1.807) is 41.3 Å². The Bertz CT molecular complexity index is 1020. The monoisotopic (exact) mass is 483 g/mol. The van der Waals surface area contributed by atoms with Gasteiger partial charge in [0.1, 0.15) is 12.2 Å². The molecule has 3 rings (SSSR count). The molecule has 1 aliphatic rings. The topological polar surface area (TPSA) is 88.1 Å². The maximum Gasteiger partial charge on any atom is 1.00 e. The van der Waals surface area contributed by atoms with E-state index < -0.39 is 30.5 Å². The molecule has 1 aliphatic heterocycles. The predicted octanol–water partition coefficient (Wildman–Crippen LogP) is 0.369. The van der Waals surface area contributed by atoms with E-state index in [1.807, 2.05) is 20.8 Å². The third kappa shape index (κ3) is 6.22. The number of rotatable bonds is 6. The standard InChI is InChI=1S/C24H28ClNO6.Na/c1-24(2,3)13-26-17-10-9-14(25)11-16(17)21(32-19(23(26)29)12-20(27)28)15-7-6-8-18(30-4)22(15)31-5;/h6-11,19,21H,12-13H2,1-5H3,(H,27,28);/q;+1/p-1/t19-,21-;/m1./s1. The molecular weight excluding hydrogens is 457 g/mol. The molecule has 2 aromatic rings. The van der Waals surface area contributed by atoms with Crippen molar-refractivity contribution < 1.29 is 58.5 Å². The first kappa shape index (κ1) is 27.5. The number of carbonyl (C=O) groups is 2. The van der Waals surface area contributed by atoms with Crippen molar-refractivity contribution in [1.29, 1.82) is 0 Å². The quantitative estimate of drug-likeness (QED) is 0.552. The Hall–Kier alpha value is -1.77. The number of halogens is 1. The fourth-order valence-corrected chi connectivity index (χ4v) is 4.03. The minimum Gasteiger partial charge on any atom is -0.550 e. The van der Waals surface area contributed by atoms with Gasteiger partial charge in [-0.25, -0.2) is 0 Å². The van der Waals surface area contributed by atoms with E-state index in [9.17, 15) is 14.7 Å². The molecule has 9 heteroatoms. The van der Waals surface area contributed by atoms with Crippen LogP contribution in [-0.2, 0) is 14.3 Å². The number of hydrogen-bond acceptors (Lipinski definition) is 6. The second-order valence-electron chi connectivity index (χ2n) is 8.85. The van der Waals surface area contributed by atoms with Crippen molar-refractivity contribution >= 4 is 29.2 Å². The summed E-state index contributed by atoms with van der Waals surface area (Å²) in [5.41, 5.74) is 1.56. The molecular formula is C24H27ClNNaO6. The van der Waals surface area contributed by atoms with Crippen LogP contribution in [0.1, 0.15) is 44.4 Å².